The highest BCUT2D eigenvalue weighted by Gasteiger charge is 2.60. The Morgan fingerprint density at radius 1 is 1.31 bits per heavy atom. The van der Waals surface area contributed by atoms with Gasteiger partial charge in [0.1, 0.15) is 5.70 Å². The van der Waals surface area contributed by atoms with E-state index in [1.807, 2.05) is 23.6 Å². The lowest BCUT2D eigenvalue weighted by Gasteiger charge is -2.46. The van der Waals surface area contributed by atoms with Crippen molar-refractivity contribution in [1.29, 1.82) is 5.41 Å². The lowest BCUT2D eigenvalue weighted by molar-refractivity contribution is -0.163. The maximum Gasteiger partial charge on any atom is 0.353 e. The average molecular weight is 466 g/mol. The predicted octanol–water partition coefficient (Wildman–Crippen LogP) is -0.256. The van der Waals surface area contributed by atoms with E-state index in [2.05, 4.69) is 5.32 Å². The van der Waals surface area contributed by atoms with Gasteiger partial charge in [-0.1, -0.05) is 6.92 Å². The smallest absolute Gasteiger partial charge is 0.353 e. The summed E-state index contributed by atoms with van der Waals surface area (Å²) in [6.07, 6.45) is 1.08. The standard InChI is InChI=1S/C21H31N5O5S/c1-10-8-24(4-5-25(10)9-22)19(28)14-6-13(7-23-14)32-18-11(2)16-15(12(3)27)20(29)26(16)17(18)21(30)31/h9-16,22-23,27H,4-8H2,1-3H3,(H,30,31)/t10-,11+,12?,13-,14-,15+,16+/m0/s1. The van der Waals surface area contributed by atoms with Crippen molar-refractivity contribution in [3.05, 3.63) is 10.6 Å². The molecule has 10 nitrogen and oxygen atoms in total. The maximum atomic E-state index is 13.0. The lowest BCUT2D eigenvalue weighted by atomic mass is 9.79. The Balaban J connectivity index is 1.42. The number of carbonyl (C=O) groups is 3. The van der Waals surface area contributed by atoms with Crippen LogP contribution in [-0.2, 0) is 14.4 Å². The lowest BCUT2D eigenvalue weighted by Crippen LogP contribution is -2.63. The predicted molar refractivity (Wildman–Crippen MR) is 119 cm³/mol. The number of aliphatic hydroxyl groups excluding tert-OH is 1. The second-order valence-electron chi connectivity index (χ2n) is 9.21. The van der Waals surface area contributed by atoms with Crippen molar-refractivity contribution >= 4 is 35.9 Å². The number of carbonyl (C=O) groups excluding carboxylic acids is 2. The van der Waals surface area contributed by atoms with Crippen LogP contribution in [0.2, 0.25) is 0 Å². The van der Waals surface area contributed by atoms with Crippen molar-refractivity contribution in [3.8, 4) is 0 Å². The fraction of sp³-hybridized carbons (Fsp3) is 0.714. The molecule has 176 valence electrons. The van der Waals surface area contributed by atoms with Crippen LogP contribution in [0.4, 0.5) is 0 Å². The number of aliphatic hydroxyl groups is 1. The molecule has 0 spiro atoms. The number of aliphatic carboxylic acids is 1. The first kappa shape index (κ1) is 23.1. The minimum Gasteiger partial charge on any atom is -0.477 e. The monoisotopic (exact) mass is 465 g/mol. The average Bonchev–Trinajstić information content (AvgIpc) is 3.29. The molecular formula is C21H31N5O5S. The number of hydrogen-bond donors (Lipinski definition) is 4. The molecular weight excluding hydrogens is 434 g/mol. The Kier molecular flexibility index (Phi) is 6.25. The first-order valence-electron chi connectivity index (χ1n) is 11.1. The summed E-state index contributed by atoms with van der Waals surface area (Å²) >= 11 is 1.45. The summed E-state index contributed by atoms with van der Waals surface area (Å²) in [5, 5.41) is 30.5. The molecule has 32 heavy (non-hydrogen) atoms. The zero-order valence-corrected chi connectivity index (χ0v) is 19.3. The van der Waals surface area contributed by atoms with Gasteiger partial charge in [0.25, 0.3) is 0 Å². The molecule has 0 aromatic carbocycles. The van der Waals surface area contributed by atoms with Gasteiger partial charge in [0, 0.05) is 48.3 Å². The van der Waals surface area contributed by atoms with E-state index in [-0.39, 0.29) is 46.8 Å². The van der Waals surface area contributed by atoms with Gasteiger partial charge in [0.2, 0.25) is 11.8 Å². The molecule has 3 fully saturated rings. The molecule has 4 aliphatic rings. The number of fused-ring (bicyclic) bond motifs is 1. The number of β-lactam (4-membered cyclic amide) rings is 1. The Bertz CT molecular complexity index is 864. The fourth-order valence-electron chi connectivity index (χ4n) is 5.42. The van der Waals surface area contributed by atoms with Gasteiger partial charge in [-0.25, -0.2) is 4.79 Å². The molecule has 0 aromatic rings. The molecule has 0 saturated carbocycles. The number of carboxylic acid groups (broad SMARTS) is 1. The van der Waals surface area contributed by atoms with E-state index in [4.69, 9.17) is 5.41 Å². The molecule has 4 heterocycles. The van der Waals surface area contributed by atoms with E-state index in [9.17, 15) is 24.6 Å². The van der Waals surface area contributed by atoms with Crippen LogP contribution in [0.5, 0.6) is 0 Å². The number of nitrogens with one attached hydrogen (secondary N) is 2. The molecule has 0 bridgehead atoms. The molecule has 7 atom stereocenters. The number of carboxylic acids is 1. The second kappa shape index (κ2) is 8.68. The maximum absolute atomic E-state index is 13.0. The number of amides is 2. The summed E-state index contributed by atoms with van der Waals surface area (Å²) in [6, 6.07) is -0.543. The van der Waals surface area contributed by atoms with Gasteiger partial charge in [0.05, 0.1) is 30.4 Å². The Morgan fingerprint density at radius 3 is 2.62 bits per heavy atom. The summed E-state index contributed by atoms with van der Waals surface area (Å²) in [5.74, 6) is -2.16. The minimum absolute atomic E-state index is 0.0230. The van der Waals surface area contributed by atoms with E-state index in [1.54, 1.807) is 6.92 Å². The van der Waals surface area contributed by atoms with E-state index in [0.29, 0.717) is 37.5 Å². The van der Waals surface area contributed by atoms with Gasteiger partial charge < -0.3 is 30.2 Å². The molecule has 1 unspecified atom stereocenters. The SMILES string of the molecule is CC(O)[C@H]1C(=O)N2C(C(=O)O)=C(S[C@@H]3CN[C@H](C(=O)N4CCN(C=N)[C@@H](C)C4)C3)[C@H](C)[C@H]12. The summed E-state index contributed by atoms with van der Waals surface area (Å²) in [7, 11) is 0. The van der Waals surface area contributed by atoms with E-state index in [1.165, 1.54) is 23.0 Å². The third-order valence-electron chi connectivity index (χ3n) is 7.15. The van der Waals surface area contributed by atoms with Crippen LogP contribution in [-0.4, -0.2) is 105 Å². The Morgan fingerprint density at radius 2 is 2.03 bits per heavy atom. The minimum atomic E-state index is -1.13. The largest absolute Gasteiger partial charge is 0.477 e. The third-order valence-corrected chi connectivity index (χ3v) is 8.66. The highest BCUT2D eigenvalue weighted by molar-refractivity contribution is 8.03. The van der Waals surface area contributed by atoms with Crippen molar-refractivity contribution in [2.75, 3.05) is 26.2 Å². The first-order valence-corrected chi connectivity index (χ1v) is 12.0. The topological polar surface area (TPSA) is 137 Å². The van der Waals surface area contributed by atoms with Crippen LogP contribution in [0, 0.1) is 17.2 Å². The van der Waals surface area contributed by atoms with Crippen LogP contribution < -0.4 is 5.32 Å². The van der Waals surface area contributed by atoms with Crippen molar-refractivity contribution in [2.24, 2.45) is 11.8 Å². The molecule has 0 radical (unpaired) electrons. The van der Waals surface area contributed by atoms with Gasteiger partial charge in [-0.05, 0) is 20.3 Å². The number of hydrogen-bond acceptors (Lipinski definition) is 7. The van der Waals surface area contributed by atoms with E-state index < -0.39 is 18.0 Å². The number of nitrogens with zero attached hydrogens (tertiary/aromatic N) is 3. The molecule has 3 saturated heterocycles. The van der Waals surface area contributed by atoms with Crippen LogP contribution in [0.1, 0.15) is 27.2 Å². The second-order valence-corrected chi connectivity index (χ2v) is 10.6. The first-order chi connectivity index (χ1) is 15.1. The fourth-order valence-corrected chi connectivity index (χ4v) is 6.90. The van der Waals surface area contributed by atoms with Crippen LogP contribution in [0.3, 0.4) is 0 Å². The van der Waals surface area contributed by atoms with Gasteiger partial charge in [-0.15, -0.1) is 11.8 Å². The molecule has 11 heteroatoms. The number of piperazine rings is 1. The van der Waals surface area contributed by atoms with Crippen molar-refractivity contribution in [3.63, 3.8) is 0 Å². The van der Waals surface area contributed by atoms with Gasteiger partial charge in [-0.2, -0.15) is 0 Å². The molecule has 4 N–H and O–H groups in total. The number of thioether (sulfide) groups is 1. The molecule has 2 amide bonds. The Labute approximate surface area is 191 Å². The zero-order valence-electron chi connectivity index (χ0n) is 18.5. The van der Waals surface area contributed by atoms with Crippen molar-refractivity contribution < 1.29 is 24.6 Å². The van der Waals surface area contributed by atoms with Gasteiger partial charge in [-0.3, -0.25) is 15.0 Å². The quantitative estimate of drug-likeness (QED) is 0.239. The summed E-state index contributed by atoms with van der Waals surface area (Å²) in [6.45, 7) is 7.86. The van der Waals surface area contributed by atoms with Crippen molar-refractivity contribution in [1.82, 2.24) is 20.0 Å². The molecule has 0 aliphatic carbocycles. The third kappa shape index (κ3) is 3.69. The van der Waals surface area contributed by atoms with Crippen LogP contribution >= 0.6 is 11.8 Å². The molecule has 4 rings (SSSR count). The summed E-state index contributed by atoms with van der Waals surface area (Å²) in [4.78, 5) is 43.3. The normalized spacial score (nSPS) is 35.6. The molecule has 0 aromatic heterocycles. The number of rotatable bonds is 6. The Hall–Kier alpha value is -2.11. The van der Waals surface area contributed by atoms with Crippen LogP contribution in [0.25, 0.3) is 0 Å². The van der Waals surface area contributed by atoms with Crippen LogP contribution in [0.15, 0.2) is 10.6 Å². The van der Waals surface area contributed by atoms with E-state index >= 15 is 0 Å². The van der Waals surface area contributed by atoms with Gasteiger partial charge >= 0.3 is 5.97 Å². The zero-order chi connectivity index (χ0) is 23.3. The highest BCUT2D eigenvalue weighted by Crippen LogP contribution is 2.51. The van der Waals surface area contributed by atoms with Gasteiger partial charge in [0.15, 0.2) is 0 Å². The molecule has 4 aliphatic heterocycles. The van der Waals surface area contributed by atoms with E-state index in [0.717, 1.165) is 0 Å². The van der Waals surface area contributed by atoms with Crippen molar-refractivity contribution in [2.45, 2.75) is 56.7 Å². The highest BCUT2D eigenvalue weighted by atomic mass is 32.2. The summed E-state index contributed by atoms with van der Waals surface area (Å²) in [5.41, 5.74) is 0.0285. The summed E-state index contributed by atoms with van der Waals surface area (Å²) < 4.78 is 0.